The maximum atomic E-state index is 11.9. The lowest BCUT2D eigenvalue weighted by Crippen LogP contribution is -2.09. The van der Waals surface area contributed by atoms with E-state index < -0.39 is 19.7 Å². The van der Waals surface area contributed by atoms with E-state index >= 15 is 0 Å². The SMILES string of the molecule is CS(=O)(=O)c1cccc(-c2cc(N)on2)c1S(C)(=O)=O. The average Bonchev–Trinajstić information content (AvgIpc) is 2.72. The van der Waals surface area contributed by atoms with Gasteiger partial charge in [-0.3, -0.25) is 0 Å². The zero-order valence-electron chi connectivity index (χ0n) is 10.7. The third-order valence-electron chi connectivity index (χ3n) is 2.55. The minimum absolute atomic E-state index is 0.00390. The van der Waals surface area contributed by atoms with Gasteiger partial charge < -0.3 is 10.3 Å². The molecule has 108 valence electrons. The lowest BCUT2D eigenvalue weighted by molar-refractivity contribution is 0.439. The summed E-state index contributed by atoms with van der Waals surface area (Å²) in [6, 6.07) is 5.45. The summed E-state index contributed by atoms with van der Waals surface area (Å²) in [5, 5.41) is 3.62. The second kappa shape index (κ2) is 4.60. The van der Waals surface area contributed by atoms with Crippen LogP contribution in [0.15, 0.2) is 38.6 Å². The molecule has 2 rings (SSSR count). The van der Waals surface area contributed by atoms with Crippen LogP contribution in [0.2, 0.25) is 0 Å². The summed E-state index contributed by atoms with van der Waals surface area (Å²) in [5.41, 5.74) is 5.70. The highest BCUT2D eigenvalue weighted by atomic mass is 32.2. The summed E-state index contributed by atoms with van der Waals surface area (Å²) >= 11 is 0. The molecule has 0 fully saturated rings. The predicted molar refractivity (Wildman–Crippen MR) is 72.6 cm³/mol. The summed E-state index contributed by atoms with van der Waals surface area (Å²) in [7, 11) is -7.50. The number of anilines is 1. The van der Waals surface area contributed by atoms with Crippen molar-refractivity contribution in [3.05, 3.63) is 24.3 Å². The number of nitrogen functional groups attached to an aromatic ring is 1. The number of hydrogen-bond acceptors (Lipinski definition) is 7. The summed E-state index contributed by atoms with van der Waals surface area (Å²) < 4.78 is 52.1. The first kappa shape index (κ1) is 14.5. The van der Waals surface area contributed by atoms with E-state index in [-0.39, 0.29) is 26.9 Å². The zero-order chi connectivity index (χ0) is 15.1. The van der Waals surface area contributed by atoms with E-state index in [9.17, 15) is 16.8 Å². The van der Waals surface area contributed by atoms with Crippen molar-refractivity contribution in [1.82, 2.24) is 5.16 Å². The van der Waals surface area contributed by atoms with E-state index in [0.29, 0.717) is 0 Å². The molecule has 2 aromatic rings. The van der Waals surface area contributed by atoms with Crippen molar-refractivity contribution in [2.45, 2.75) is 9.79 Å². The zero-order valence-corrected chi connectivity index (χ0v) is 12.3. The monoisotopic (exact) mass is 316 g/mol. The van der Waals surface area contributed by atoms with Gasteiger partial charge in [0.2, 0.25) is 5.88 Å². The number of benzene rings is 1. The van der Waals surface area contributed by atoms with Gasteiger partial charge in [0, 0.05) is 24.1 Å². The molecule has 0 aliphatic rings. The molecule has 1 aromatic carbocycles. The average molecular weight is 316 g/mol. The van der Waals surface area contributed by atoms with Gasteiger partial charge in [-0.1, -0.05) is 17.3 Å². The lowest BCUT2D eigenvalue weighted by Gasteiger charge is -2.10. The minimum Gasteiger partial charge on any atom is -0.368 e. The van der Waals surface area contributed by atoms with E-state index in [0.717, 1.165) is 12.5 Å². The molecule has 0 saturated heterocycles. The van der Waals surface area contributed by atoms with Crippen molar-refractivity contribution in [1.29, 1.82) is 0 Å². The summed E-state index contributed by atoms with van der Waals surface area (Å²) in [6.45, 7) is 0. The quantitative estimate of drug-likeness (QED) is 0.886. The van der Waals surface area contributed by atoms with Gasteiger partial charge in [-0.2, -0.15) is 0 Å². The fourth-order valence-electron chi connectivity index (χ4n) is 1.81. The van der Waals surface area contributed by atoms with Crippen LogP contribution in [0.4, 0.5) is 5.88 Å². The summed E-state index contributed by atoms with van der Waals surface area (Å²) in [6.07, 6.45) is 1.88. The van der Waals surface area contributed by atoms with E-state index in [2.05, 4.69) is 5.16 Å². The fraction of sp³-hybridized carbons (Fsp3) is 0.182. The molecule has 0 amide bonds. The van der Waals surface area contributed by atoms with Gasteiger partial charge in [0.05, 0.1) is 9.79 Å². The van der Waals surface area contributed by atoms with Gasteiger partial charge in [-0.05, 0) is 6.07 Å². The van der Waals surface area contributed by atoms with Crippen LogP contribution in [0.3, 0.4) is 0 Å². The maximum absolute atomic E-state index is 11.9. The molecule has 0 unspecified atom stereocenters. The number of hydrogen-bond donors (Lipinski definition) is 1. The molecular weight excluding hydrogens is 304 g/mol. The Bertz CT molecular complexity index is 866. The molecule has 9 heteroatoms. The number of aromatic nitrogens is 1. The highest BCUT2D eigenvalue weighted by molar-refractivity contribution is 7.93. The van der Waals surface area contributed by atoms with Crippen LogP contribution in [-0.2, 0) is 19.7 Å². The van der Waals surface area contributed by atoms with E-state index in [4.69, 9.17) is 10.3 Å². The van der Waals surface area contributed by atoms with Crippen molar-refractivity contribution in [3.63, 3.8) is 0 Å². The van der Waals surface area contributed by atoms with Crippen LogP contribution in [0.1, 0.15) is 0 Å². The van der Waals surface area contributed by atoms with Gasteiger partial charge >= 0.3 is 0 Å². The van der Waals surface area contributed by atoms with Crippen LogP contribution in [0.5, 0.6) is 0 Å². The first-order chi connectivity index (χ1) is 9.10. The lowest BCUT2D eigenvalue weighted by atomic mass is 10.1. The third-order valence-corrected chi connectivity index (χ3v) is 5.00. The molecule has 0 radical (unpaired) electrons. The van der Waals surface area contributed by atoms with Crippen LogP contribution in [0.25, 0.3) is 11.3 Å². The van der Waals surface area contributed by atoms with E-state index in [1.165, 1.54) is 24.3 Å². The van der Waals surface area contributed by atoms with Gasteiger partial charge in [0.15, 0.2) is 19.7 Å². The fourth-order valence-corrected chi connectivity index (χ4v) is 4.49. The summed E-state index contributed by atoms with van der Waals surface area (Å²) in [4.78, 5) is -0.588. The van der Waals surface area contributed by atoms with E-state index in [1.54, 1.807) is 0 Å². The van der Waals surface area contributed by atoms with Crippen LogP contribution < -0.4 is 5.73 Å². The molecule has 0 atom stereocenters. The second-order valence-electron chi connectivity index (χ2n) is 4.29. The molecule has 1 heterocycles. The standard InChI is InChI=1S/C11H12N2O5S2/c1-19(14,15)9-5-3-4-7(11(9)20(2,16)17)8-6-10(12)18-13-8/h3-6H,12H2,1-2H3. The molecule has 0 spiro atoms. The molecule has 20 heavy (non-hydrogen) atoms. The van der Waals surface area contributed by atoms with E-state index in [1.807, 2.05) is 0 Å². The smallest absolute Gasteiger partial charge is 0.222 e. The van der Waals surface area contributed by atoms with Crippen LogP contribution >= 0.6 is 0 Å². The highest BCUT2D eigenvalue weighted by Gasteiger charge is 2.25. The Labute approximate surface area is 116 Å². The second-order valence-corrected chi connectivity index (χ2v) is 8.23. The Morgan fingerprint density at radius 3 is 2.20 bits per heavy atom. The van der Waals surface area contributed by atoms with Gasteiger partial charge in [-0.25, -0.2) is 16.8 Å². The van der Waals surface area contributed by atoms with Crippen molar-refractivity contribution in [2.75, 3.05) is 18.2 Å². The molecule has 1 aromatic heterocycles. The number of sulfone groups is 2. The largest absolute Gasteiger partial charge is 0.368 e. The minimum atomic E-state index is -3.79. The highest BCUT2D eigenvalue weighted by Crippen LogP contribution is 2.32. The van der Waals surface area contributed by atoms with Crippen molar-refractivity contribution in [3.8, 4) is 11.3 Å². The molecular formula is C11H12N2O5S2. The first-order valence-corrected chi connectivity index (χ1v) is 9.14. The van der Waals surface area contributed by atoms with Crippen molar-refractivity contribution in [2.24, 2.45) is 0 Å². The summed E-state index contributed by atoms with van der Waals surface area (Å²) in [5.74, 6) is 0.00390. The molecule has 0 aliphatic heterocycles. The number of nitrogens with two attached hydrogens (primary N) is 1. The molecule has 7 nitrogen and oxygen atoms in total. The van der Waals surface area contributed by atoms with Gasteiger partial charge in [0.25, 0.3) is 0 Å². The number of nitrogens with zero attached hydrogens (tertiary/aromatic N) is 1. The Kier molecular flexibility index (Phi) is 3.34. The Morgan fingerprint density at radius 1 is 1.10 bits per heavy atom. The topological polar surface area (TPSA) is 120 Å². The van der Waals surface area contributed by atoms with Crippen LogP contribution in [0, 0.1) is 0 Å². The first-order valence-electron chi connectivity index (χ1n) is 5.36. The van der Waals surface area contributed by atoms with Gasteiger partial charge in [-0.15, -0.1) is 0 Å². The third kappa shape index (κ3) is 2.68. The molecule has 2 N–H and O–H groups in total. The van der Waals surface area contributed by atoms with Crippen LogP contribution in [-0.4, -0.2) is 34.5 Å². The normalized spacial score (nSPS) is 12.5. The number of rotatable bonds is 3. The van der Waals surface area contributed by atoms with Crippen molar-refractivity contribution >= 4 is 25.6 Å². The molecule has 0 aliphatic carbocycles. The van der Waals surface area contributed by atoms with Gasteiger partial charge in [0.1, 0.15) is 5.69 Å². The maximum Gasteiger partial charge on any atom is 0.222 e. The Morgan fingerprint density at radius 2 is 1.75 bits per heavy atom. The molecule has 0 saturated carbocycles. The molecule has 0 bridgehead atoms. The Hall–Kier alpha value is -1.87. The Balaban J connectivity index is 2.90. The predicted octanol–water partition coefficient (Wildman–Crippen LogP) is 0.731. The van der Waals surface area contributed by atoms with Crippen molar-refractivity contribution < 1.29 is 21.4 Å².